The molecule has 196 valence electrons. The molecule has 0 spiro atoms. The Morgan fingerprint density at radius 3 is 2.53 bits per heavy atom. The van der Waals surface area contributed by atoms with Gasteiger partial charge in [-0.05, 0) is 49.0 Å². The zero-order chi connectivity index (χ0) is 27.2. The normalized spacial score (nSPS) is 14.9. The summed E-state index contributed by atoms with van der Waals surface area (Å²) in [6.45, 7) is 0.923. The maximum Gasteiger partial charge on any atom is 0.416 e. The Morgan fingerprint density at radius 2 is 1.84 bits per heavy atom. The van der Waals surface area contributed by atoms with Crippen molar-refractivity contribution in [3.05, 3.63) is 76.7 Å². The number of sulfonamides is 1. The van der Waals surface area contributed by atoms with Gasteiger partial charge in [0.1, 0.15) is 17.5 Å². The van der Waals surface area contributed by atoms with Crippen LogP contribution in [0.2, 0.25) is 0 Å². The zero-order valence-corrected chi connectivity index (χ0v) is 20.4. The van der Waals surface area contributed by atoms with Crippen LogP contribution in [0.4, 0.5) is 29.1 Å². The first-order chi connectivity index (χ1) is 18.0. The highest BCUT2D eigenvalue weighted by Crippen LogP contribution is 2.35. The number of hydrogen-bond donors (Lipinski definition) is 2. The van der Waals surface area contributed by atoms with Gasteiger partial charge in [0.2, 0.25) is 0 Å². The van der Waals surface area contributed by atoms with Crippen molar-refractivity contribution in [2.24, 2.45) is 4.99 Å². The molecule has 1 aromatic heterocycles. The minimum atomic E-state index is -4.69. The van der Waals surface area contributed by atoms with Crippen LogP contribution in [-0.2, 0) is 16.2 Å². The number of nitrogens with zero attached hydrogens (tertiary/aromatic N) is 4. The van der Waals surface area contributed by atoms with Crippen molar-refractivity contribution in [3.63, 3.8) is 0 Å². The highest BCUT2D eigenvalue weighted by molar-refractivity contribution is 7.89. The summed E-state index contributed by atoms with van der Waals surface area (Å²) in [7, 11) is -2.59. The summed E-state index contributed by atoms with van der Waals surface area (Å²) in [5.41, 5.74) is 0.330. The molecule has 9 nitrogen and oxygen atoms in total. The molecule has 0 unspecified atom stereocenters. The van der Waals surface area contributed by atoms with E-state index >= 15 is 0 Å². The van der Waals surface area contributed by atoms with Crippen molar-refractivity contribution in [1.29, 1.82) is 0 Å². The Bertz CT molecular complexity index is 1620. The molecule has 2 aromatic carbocycles. The van der Waals surface area contributed by atoms with Crippen LogP contribution < -0.4 is 14.9 Å². The van der Waals surface area contributed by atoms with Gasteiger partial charge in [0.05, 0.1) is 17.8 Å². The molecule has 0 saturated heterocycles. The maximum absolute atomic E-state index is 14.0. The number of alkyl halides is 3. The van der Waals surface area contributed by atoms with E-state index < -0.39 is 39.2 Å². The van der Waals surface area contributed by atoms with Crippen LogP contribution in [0.25, 0.3) is 11.6 Å². The summed E-state index contributed by atoms with van der Waals surface area (Å²) < 4.78 is 79.4. The Hall–Kier alpha value is -4.17. The Labute approximate surface area is 214 Å². The monoisotopic (exact) mass is 546 g/mol. The number of rotatable bonds is 5. The SMILES string of the molecule is CNS(=O)(=O)c1ncc2c(n1)N1CCN=C1C(c1ccc(C(=O)Nc3cc(C(F)(F)F)ccc3F)cc1)=C2. The number of anilines is 2. The minimum absolute atomic E-state index is 0.0952. The third kappa shape index (κ3) is 4.63. The number of halogens is 4. The summed E-state index contributed by atoms with van der Waals surface area (Å²) in [4.78, 5) is 27.1. The molecule has 0 radical (unpaired) electrons. The molecule has 0 saturated carbocycles. The Kier molecular flexibility index (Phi) is 6.23. The van der Waals surface area contributed by atoms with Gasteiger partial charge < -0.3 is 10.2 Å². The fourth-order valence-electron chi connectivity index (χ4n) is 4.01. The number of carbonyl (C=O) groups is 1. The van der Waals surface area contributed by atoms with E-state index in [4.69, 9.17) is 0 Å². The van der Waals surface area contributed by atoms with Crippen LogP contribution in [-0.4, -0.2) is 50.3 Å². The van der Waals surface area contributed by atoms with Gasteiger partial charge in [-0.3, -0.25) is 9.79 Å². The molecule has 2 aliphatic rings. The molecule has 2 N–H and O–H groups in total. The zero-order valence-electron chi connectivity index (χ0n) is 19.5. The van der Waals surface area contributed by atoms with Crippen molar-refractivity contribution < 1.29 is 30.8 Å². The fraction of sp³-hybridized carbons (Fsp3) is 0.167. The number of aromatic nitrogens is 2. The van der Waals surface area contributed by atoms with Gasteiger partial charge in [0, 0.05) is 29.4 Å². The number of aliphatic imine (C=N–C) groups is 1. The number of nitrogens with one attached hydrogen (secondary N) is 2. The molecule has 0 aliphatic carbocycles. The van der Waals surface area contributed by atoms with Crippen LogP contribution in [0.1, 0.15) is 27.0 Å². The van der Waals surface area contributed by atoms with E-state index in [-0.39, 0.29) is 10.7 Å². The van der Waals surface area contributed by atoms with Crippen molar-refractivity contribution in [2.75, 3.05) is 30.4 Å². The average molecular weight is 547 g/mol. The maximum atomic E-state index is 14.0. The highest BCUT2D eigenvalue weighted by atomic mass is 32.2. The molecule has 0 atom stereocenters. The van der Waals surface area contributed by atoms with Crippen molar-refractivity contribution in [1.82, 2.24) is 14.7 Å². The van der Waals surface area contributed by atoms with Gasteiger partial charge in [-0.1, -0.05) is 12.1 Å². The summed E-state index contributed by atoms with van der Waals surface area (Å²) >= 11 is 0. The lowest BCUT2D eigenvalue weighted by atomic mass is 9.97. The number of carbonyl (C=O) groups excluding carboxylic acids is 1. The highest BCUT2D eigenvalue weighted by Gasteiger charge is 2.33. The molecule has 1 amide bonds. The second kappa shape index (κ2) is 9.29. The first kappa shape index (κ1) is 25.5. The Balaban J connectivity index is 1.43. The molecule has 2 aliphatic heterocycles. The van der Waals surface area contributed by atoms with Gasteiger partial charge >= 0.3 is 6.18 Å². The van der Waals surface area contributed by atoms with Gasteiger partial charge in [-0.2, -0.15) is 18.2 Å². The number of fused-ring (bicyclic) bond motifs is 3. The quantitative estimate of drug-likeness (QED) is 0.374. The van der Waals surface area contributed by atoms with E-state index in [9.17, 15) is 30.8 Å². The number of benzene rings is 2. The lowest BCUT2D eigenvalue weighted by molar-refractivity contribution is -0.137. The molecule has 3 heterocycles. The number of amidine groups is 1. The van der Waals surface area contributed by atoms with Crippen molar-refractivity contribution in [3.8, 4) is 0 Å². The molecule has 3 aromatic rings. The standard InChI is InChI=1S/C24H18F4N6O3S/c1-29-38(36,37)23-31-12-15-10-17(21-30-8-9-34(21)20(15)33-23)13-2-4-14(5-3-13)22(35)32-19-11-16(24(26,27)28)6-7-18(19)25/h2-7,10-12,29H,8-9H2,1H3,(H,32,35). The third-order valence-electron chi connectivity index (χ3n) is 5.92. The predicted octanol–water partition coefficient (Wildman–Crippen LogP) is 3.57. The fourth-order valence-corrected chi connectivity index (χ4v) is 4.60. The van der Waals surface area contributed by atoms with E-state index in [0.717, 1.165) is 0 Å². The predicted molar refractivity (Wildman–Crippen MR) is 132 cm³/mol. The van der Waals surface area contributed by atoms with E-state index in [1.165, 1.54) is 25.4 Å². The second-order valence-corrected chi connectivity index (χ2v) is 10.1. The first-order valence-electron chi connectivity index (χ1n) is 11.1. The Morgan fingerprint density at radius 1 is 1.11 bits per heavy atom. The van der Waals surface area contributed by atoms with E-state index in [1.54, 1.807) is 23.1 Å². The first-order valence-corrected chi connectivity index (χ1v) is 12.6. The van der Waals surface area contributed by atoms with Crippen molar-refractivity contribution >= 4 is 44.9 Å². The van der Waals surface area contributed by atoms with Gasteiger partial charge in [-0.15, -0.1) is 0 Å². The largest absolute Gasteiger partial charge is 0.416 e. The topological polar surface area (TPSA) is 117 Å². The molecular weight excluding hydrogens is 528 g/mol. The van der Waals surface area contributed by atoms with E-state index in [2.05, 4.69) is 25.0 Å². The molecule has 5 rings (SSSR count). The van der Waals surface area contributed by atoms with Crippen LogP contribution in [0.3, 0.4) is 0 Å². The third-order valence-corrected chi connectivity index (χ3v) is 7.14. The molecule has 38 heavy (non-hydrogen) atoms. The van der Waals surface area contributed by atoms with Gasteiger partial charge in [-0.25, -0.2) is 22.5 Å². The van der Waals surface area contributed by atoms with Gasteiger partial charge in [0.25, 0.3) is 21.1 Å². The second-order valence-electron chi connectivity index (χ2n) is 8.28. The smallest absolute Gasteiger partial charge is 0.319 e. The minimum Gasteiger partial charge on any atom is -0.319 e. The lowest BCUT2D eigenvalue weighted by Crippen LogP contribution is -2.33. The molecular formula is C24H18F4N6O3S. The van der Waals surface area contributed by atoms with Crippen molar-refractivity contribution in [2.45, 2.75) is 11.3 Å². The van der Waals surface area contributed by atoms with E-state index in [1.807, 2.05) is 0 Å². The lowest BCUT2D eigenvalue weighted by Gasteiger charge is -2.27. The number of amides is 1. The van der Waals surface area contributed by atoms with Crippen LogP contribution in [0, 0.1) is 5.82 Å². The summed E-state index contributed by atoms with van der Waals surface area (Å²) in [6.07, 6.45) is -1.54. The summed E-state index contributed by atoms with van der Waals surface area (Å²) in [5, 5.41) is 1.81. The molecule has 0 fully saturated rings. The number of hydrogen-bond acceptors (Lipinski definition) is 7. The molecule has 14 heteroatoms. The van der Waals surface area contributed by atoms with Crippen LogP contribution in [0.15, 0.2) is 58.8 Å². The van der Waals surface area contributed by atoms with Crippen LogP contribution >= 0.6 is 0 Å². The summed E-state index contributed by atoms with van der Waals surface area (Å²) in [5.74, 6) is -0.828. The average Bonchev–Trinajstić information content (AvgIpc) is 3.39. The molecule has 0 bridgehead atoms. The van der Waals surface area contributed by atoms with E-state index in [0.29, 0.717) is 59.6 Å². The summed E-state index contributed by atoms with van der Waals surface area (Å²) in [6, 6.07) is 7.91. The van der Waals surface area contributed by atoms with Crippen LogP contribution in [0.5, 0.6) is 0 Å². The van der Waals surface area contributed by atoms with Gasteiger partial charge in [0.15, 0.2) is 0 Å².